The van der Waals surface area contributed by atoms with Crippen molar-refractivity contribution in [1.29, 1.82) is 0 Å². The molecular weight excluding hydrogens is 826 g/mol. The van der Waals surface area contributed by atoms with E-state index in [0.29, 0.717) is 49.5 Å². The van der Waals surface area contributed by atoms with Gasteiger partial charge in [-0.3, -0.25) is 5.32 Å². The first kappa shape index (κ1) is 47.1. The Bertz CT molecular complexity index is 1660. The van der Waals surface area contributed by atoms with Gasteiger partial charge in [-0.05, 0) is 106 Å². The Balaban J connectivity index is 0.842. The van der Waals surface area contributed by atoms with Gasteiger partial charge in [0.25, 0.3) is 0 Å². The van der Waals surface area contributed by atoms with Crippen molar-refractivity contribution >= 4 is 0 Å². The molecule has 0 aromatic heterocycles. The zero-order valence-corrected chi connectivity index (χ0v) is 37.0. The largest absolute Gasteiger partial charge is 0.396 e. The number of piperidine rings is 1. The Morgan fingerprint density at radius 1 is 0.698 bits per heavy atom. The fourth-order valence-electron chi connectivity index (χ4n) is 14.3. The maximum atomic E-state index is 11.5. The number of aliphatic hydroxyl groups excluding tert-OH is 10. The van der Waals surface area contributed by atoms with E-state index in [1.807, 2.05) is 0 Å². The topological polar surface area (TPSA) is 279 Å². The number of rotatable bonds is 8. The second-order valence-electron chi connectivity index (χ2n) is 21.3. The van der Waals surface area contributed by atoms with Crippen LogP contribution in [-0.2, 0) is 33.2 Å². The molecule has 0 unspecified atom stereocenters. The fourth-order valence-corrected chi connectivity index (χ4v) is 14.3. The Hall–Kier alpha value is -0.980. The summed E-state index contributed by atoms with van der Waals surface area (Å²) in [5.74, 6) is 1.98. The monoisotopic (exact) mass is 899 g/mol. The van der Waals surface area contributed by atoms with Gasteiger partial charge in [0.15, 0.2) is 18.9 Å². The third-order valence-electron chi connectivity index (χ3n) is 18.0. The SMILES string of the molecule is C[C@@H]1O[C@H](O[C@H]2[C@@H](O)[C@H](O)[C@H](O[C@H]3CC[C@@]4(C)C(=CC[C@H]5[C@H]6C[C@@H]7O[C@]8(NC[C@H](CO)C[C@@H]8O)[C@@H](C)[C@@H]7[C@@]6(C)CC[C@@H]54)C3)O[C@@H]2CO)[C@H](O[C@H]2O[C@H](C)[C@@H](O)[C@H](O)[C@H]2O)[C@@H](O)[C@@H]1O. The van der Waals surface area contributed by atoms with Crippen LogP contribution in [-0.4, -0.2) is 187 Å². The van der Waals surface area contributed by atoms with Crippen molar-refractivity contribution < 1.29 is 84.2 Å². The molecule has 27 atom stereocenters. The molecule has 360 valence electrons. The number of fused-ring (bicyclic) bond motifs is 7. The van der Waals surface area contributed by atoms with Crippen LogP contribution >= 0.6 is 0 Å². The molecule has 63 heavy (non-hydrogen) atoms. The highest BCUT2D eigenvalue weighted by Crippen LogP contribution is 2.70. The van der Waals surface area contributed by atoms with Gasteiger partial charge in [0.1, 0.15) is 66.8 Å². The Morgan fingerprint density at radius 2 is 1.35 bits per heavy atom. The molecule has 8 fully saturated rings. The van der Waals surface area contributed by atoms with E-state index in [2.05, 4.69) is 32.2 Å². The summed E-state index contributed by atoms with van der Waals surface area (Å²) in [5.41, 5.74) is 0.620. The molecule has 0 amide bonds. The van der Waals surface area contributed by atoms with Gasteiger partial charge in [-0.15, -0.1) is 0 Å². The Kier molecular flexibility index (Phi) is 13.1. The summed E-state index contributed by atoms with van der Waals surface area (Å²) in [6.07, 6.45) is -13.5. The summed E-state index contributed by atoms with van der Waals surface area (Å²) in [6.45, 7) is 10.1. The van der Waals surface area contributed by atoms with Crippen molar-refractivity contribution in [3.63, 3.8) is 0 Å². The predicted molar refractivity (Wildman–Crippen MR) is 218 cm³/mol. The summed E-state index contributed by atoms with van der Waals surface area (Å²) in [4.78, 5) is 0. The average Bonchev–Trinajstić information content (AvgIpc) is 3.72. The highest BCUT2D eigenvalue weighted by molar-refractivity contribution is 5.27. The standard InChI is InChI=1S/C45H73NO17/c1-18-30-27(63-45(18)29(49)12-21(16-47)15-46-45)14-26-24-7-6-22-13-23(8-10-43(22,4)25(24)9-11-44(26,30)5)59-41-37(56)35(54)38(28(17-48)60-41)61-42-39(34(53)32(51)20(3)58-42)62-40-36(55)33(52)31(50)19(2)57-40/h6,18-21,23-42,46-56H,7-17H2,1-5H3/t18-,19+,20-,21+,23-,24+,25-,26+,27-,28+,29-,30-,31+,32+,33-,34-,35-,36+,37-,38+,39+,40+,41+,42+,43-,44-,45+/m0/s1. The van der Waals surface area contributed by atoms with Crippen LogP contribution in [0.4, 0.5) is 0 Å². The molecule has 0 aromatic carbocycles. The van der Waals surface area contributed by atoms with Crippen LogP contribution in [0.3, 0.4) is 0 Å². The van der Waals surface area contributed by atoms with Gasteiger partial charge in [-0.1, -0.05) is 32.4 Å². The number of hydrogen-bond acceptors (Lipinski definition) is 18. The molecule has 11 N–H and O–H groups in total. The molecule has 9 aliphatic rings. The van der Waals surface area contributed by atoms with Crippen LogP contribution in [0.25, 0.3) is 0 Å². The van der Waals surface area contributed by atoms with Crippen LogP contribution in [0.5, 0.6) is 0 Å². The van der Waals surface area contributed by atoms with E-state index in [-0.39, 0.29) is 41.5 Å². The summed E-state index contributed by atoms with van der Waals surface area (Å²) < 4.78 is 42.8. The fraction of sp³-hybridized carbons (Fsp3) is 0.956. The van der Waals surface area contributed by atoms with Gasteiger partial charge in [-0.2, -0.15) is 0 Å². The molecule has 3 saturated carbocycles. The first-order chi connectivity index (χ1) is 29.9. The minimum atomic E-state index is -1.74. The van der Waals surface area contributed by atoms with Gasteiger partial charge in [0.2, 0.25) is 0 Å². The van der Waals surface area contributed by atoms with Crippen molar-refractivity contribution in [1.82, 2.24) is 5.32 Å². The molecule has 1 spiro atoms. The second kappa shape index (κ2) is 17.5. The molecule has 5 aliphatic heterocycles. The lowest BCUT2D eigenvalue weighted by atomic mass is 9.46. The van der Waals surface area contributed by atoms with Crippen molar-refractivity contribution in [2.45, 2.75) is 202 Å². The quantitative estimate of drug-likeness (QED) is 0.127. The van der Waals surface area contributed by atoms with Gasteiger partial charge in [0, 0.05) is 19.1 Å². The minimum Gasteiger partial charge on any atom is -0.396 e. The molecule has 0 aromatic rings. The van der Waals surface area contributed by atoms with Gasteiger partial charge in [-0.25, -0.2) is 0 Å². The Labute approximate surface area is 368 Å². The molecule has 18 nitrogen and oxygen atoms in total. The van der Waals surface area contributed by atoms with Crippen LogP contribution < -0.4 is 5.32 Å². The van der Waals surface area contributed by atoms with E-state index < -0.39 is 111 Å². The number of hydrogen-bond donors (Lipinski definition) is 11. The Morgan fingerprint density at radius 3 is 2.05 bits per heavy atom. The summed E-state index contributed by atoms with van der Waals surface area (Å²) in [6, 6.07) is 0. The highest BCUT2D eigenvalue weighted by Gasteiger charge is 2.70. The van der Waals surface area contributed by atoms with Gasteiger partial charge < -0.3 is 84.2 Å². The van der Waals surface area contributed by atoms with E-state index in [1.165, 1.54) is 19.4 Å². The third kappa shape index (κ3) is 7.62. The third-order valence-corrected chi connectivity index (χ3v) is 18.0. The van der Waals surface area contributed by atoms with Gasteiger partial charge >= 0.3 is 0 Å². The lowest BCUT2D eigenvalue weighted by molar-refractivity contribution is -0.386. The average molecular weight is 900 g/mol. The number of allylic oxidation sites excluding steroid dienone is 1. The van der Waals surface area contributed by atoms with Crippen molar-refractivity contribution in [2.24, 2.45) is 46.3 Å². The maximum absolute atomic E-state index is 11.5. The van der Waals surface area contributed by atoms with E-state index >= 15 is 0 Å². The summed E-state index contributed by atoms with van der Waals surface area (Å²) in [7, 11) is 0. The first-order valence-corrected chi connectivity index (χ1v) is 23.6. The number of nitrogens with one attached hydrogen (secondary N) is 1. The maximum Gasteiger partial charge on any atom is 0.187 e. The molecular formula is C45H73NO17. The van der Waals surface area contributed by atoms with E-state index in [0.717, 1.165) is 32.1 Å². The van der Waals surface area contributed by atoms with Crippen molar-refractivity contribution in [3.05, 3.63) is 11.6 Å². The molecule has 5 saturated heterocycles. The smallest absolute Gasteiger partial charge is 0.187 e. The zero-order valence-electron chi connectivity index (χ0n) is 37.0. The van der Waals surface area contributed by atoms with Crippen LogP contribution in [0, 0.1) is 46.3 Å². The number of aliphatic hydroxyl groups is 10. The van der Waals surface area contributed by atoms with E-state index in [1.54, 1.807) is 0 Å². The molecule has 4 aliphatic carbocycles. The minimum absolute atomic E-state index is 0.0243. The summed E-state index contributed by atoms with van der Waals surface area (Å²) >= 11 is 0. The normalized spacial score (nSPS) is 58.1. The molecule has 5 heterocycles. The first-order valence-electron chi connectivity index (χ1n) is 23.6. The van der Waals surface area contributed by atoms with Crippen molar-refractivity contribution in [3.8, 4) is 0 Å². The van der Waals surface area contributed by atoms with Gasteiger partial charge in [0.05, 0.1) is 37.1 Å². The second-order valence-corrected chi connectivity index (χ2v) is 21.3. The van der Waals surface area contributed by atoms with Crippen LogP contribution in [0.2, 0.25) is 0 Å². The predicted octanol–water partition coefficient (Wildman–Crippen LogP) is -1.24. The zero-order chi connectivity index (χ0) is 45.1. The molecule has 0 bridgehead atoms. The number of ether oxygens (including phenoxy) is 7. The lowest BCUT2D eigenvalue weighted by Crippen LogP contribution is -2.66. The molecule has 0 radical (unpaired) electrons. The van der Waals surface area contributed by atoms with Crippen molar-refractivity contribution in [2.75, 3.05) is 19.8 Å². The lowest BCUT2D eigenvalue weighted by Gasteiger charge is -2.59. The molecule has 9 rings (SSSR count). The molecule has 18 heteroatoms. The highest BCUT2D eigenvalue weighted by atomic mass is 16.8. The van der Waals surface area contributed by atoms with Crippen LogP contribution in [0.1, 0.15) is 86.0 Å². The summed E-state index contributed by atoms with van der Waals surface area (Å²) in [5, 5.41) is 111. The van der Waals surface area contributed by atoms with E-state index in [4.69, 9.17) is 33.2 Å². The van der Waals surface area contributed by atoms with Crippen LogP contribution in [0.15, 0.2) is 11.6 Å². The van der Waals surface area contributed by atoms with E-state index in [9.17, 15) is 51.1 Å².